The summed E-state index contributed by atoms with van der Waals surface area (Å²) in [6.07, 6.45) is -4.56. The Bertz CT molecular complexity index is 1920. The second-order valence-corrected chi connectivity index (χ2v) is 17.1. The molecule has 2 bridgehead atoms. The molecule has 4 saturated carbocycles. The van der Waals surface area contributed by atoms with Crippen molar-refractivity contribution in [1.82, 2.24) is 4.98 Å². The molecule has 0 amide bonds. The van der Waals surface area contributed by atoms with E-state index in [0.717, 1.165) is 20.8 Å². The van der Waals surface area contributed by atoms with Crippen LogP contribution in [-0.4, -0.2) is 106 Å². The number of carbonyl (C=O) groups is 8. The molecule has 4 aliphatic carbocycles. The maximum atomic E-state index is 15.7. The Balaban J connectivity index is 1.70. The molecule has 17 heteroatoms. The second kappa shape index (κ2) is 14.7. The lowest BCUT2D eigenvalue weighted by Crippen LogP contribution is -2.75. The van der Waals surface area contributed by atoms with Gasteiger partial charge < -0.3 is 37.9 Å². The van der Waals surface area contributed by atoms with Crippen LogP contribution in [0.1, 0.15) is 98.9 Å². The first-order valence-corrected chi connectivity index (χ1v) is 19.5. The SMILES string of the molecule is CCC(=O)O[C@@H]1[C@@H]2[C@@H](OC(C)=O)[C@@]34CO[C@@](C)([C@H](OC(C)=O)[C@@]2(OC(C)=O)C[C@]1(C)OC(=O)c1cccnc1)[C@@H]3[C@@H]1[C@@H](C[C@]1(C)OC(C)=O)[C@@H](OC(=O)C(C)C)C4=O. The van der Waals surface area contributed by atoms with Gasteiger partial charge in [-0.05, 0) is 39.3 Å². The van der Waals surface area contributed by atoms with Crippen LogP contribution in [-0.2, 0) is 71.5 Å². The Morgan fingerprint density at radius 1 is 0.828 bits per heavy atom. The fourth-order valence-corrected chi connectivity index (χ4v) is 11.1. The summed E-state index contributed by atoms with van der Waals surface area (Å²) in [6, 6.07) is 2.95. The number of hydrogen-bond donors (Lipinski definition) is 0. The van der Waals surface area contributed by atoms with Crippen molar-refractivity contribution in [3.63, 3.8) is 0 Å². The highest BCUT2D eigenvalue weighted by Crippen LogP contribution is 2.73. The third-order valence-electron chi connectivity index (χ3n) is 12.8. The molecule has 1 aliphatic heterocycles. The lowest BCUT2D eigenvalue weighted by molar-refractivity contribution is -0.262. The molecule has 0 radical (unpaired) electrons. The summed E-state index contributed by atoms with van der Waals surface area (Å²) in [5, 5.41) is 0. The van der Waals surface area contributed by atoms with Crippen molar-refractivity contribution in [2.75, 3.05) is 6.61 Å². The fraction of sp³-hybridized carbons (Fsp3) is 0.683. The number of hydrogen-bond acceptors (Lipinski definition) is 17. The Hall–Kier alpha value is -4.93. The first-order valence-electron chi connectivity index (χ1n) is 19.5. The normalized spacial score (nSPS) is 39.3. The zero-order valence-electron chi connectivity index (χ0n) is 34.3. The van der Waals surface area contributed by atoms with Gasteiger partial charge in [0.2, 0.25) is 0 Å². The van der Waals surface area contributed by atoms with Gasteiger partial charge in [-0.15, -0.1) is 0 Å². The van der Waals surface area contributed by atoms with E-state index in [1.165, 1.54) is 45.3 Å². The molecule has 1 saturated heterocycles. The second-order valence-electron chi connectivity index (χ2n) is 17.1. The molecule has 0 aromatic carbocycles. The molecule has 58 heavy (non-hydrogen) atoms. The molecular formula is C41H51NO16. The molecule has 316 valence electrons. The number of rotatable bonds is 10. The van der Waals surface area contributed by atoms with Gasteiger partial charge in [-0.2, -0.15) is 0 Å². The first-order chi connectivity index (χ1) is 27.0. The van der Waals surface area contributed by atoms with E-state index in [1.54, 1.807) is 27.7 Å². The van der Waals surface area contributed by atoms with Gasteiger partial charge in [0.25, 0.3) is 0 Å². The average Bonchev–Trinajstić information content (AvgIpc) is 3.53. The van der Waals surface area contributed by atoms with Crippen LogP contribution in [0.25, 0.3) is 0 Å². The molecule has 5 fully saturated rings. The van der Waals surface area contributed by atoms with E-state index in [0.29, 0.717) is 0 Å². The number of ketones is 1. The number of ether oxygens (including phenoxy) is 8. The summed E-state index contributed by atoms with van der Waals surface area (Å²) < 4.78 is 49.9. The molecule has 13 atom stereocenters. The zero-order chi connectivity index (χ0) is 42.9. The largest absolute Gasteiger partial charge is 0.461 e. The quantitative estimate of drug-likeness (QED) is 0.245. The van der Waals surface area contributed by atoms with Crippen LogP contribution >= 0.6 is 0 Å². The predicted molar refractivity (Wildman–Crippen MR) is 194 cm³/mol. The Labute approximate surface area is 335 Å². The smallest absolute Gasteiger partial charge is 0.340 e. The summed E-state index contributed by atoms with van der Waals surface area (Å²) in [5.74, 6) is -11.6. The topological polar surface area (TPSA) is 223 Å². The number of pyridine rings is 1. The van der Waals surface area contributed by atoms with E-state index in [-0.39, 0.29) is 18.4 Å². The minimum Gasteiger partial charge on any atom is -0.461 e. The average molecular weight is 814 g/mol. The third-order valence-corrected chi connectivity index (χ3v) is 12.8. The number of Topliss-reactive ketones (excluding diaryl/α,β-unsaturated/α-hetero) is 1. The molecule has 2 heterocycles. The monoisotopic (exact) mass is 813 g/mol. The van der Waals surface area contributed by atoms with Crippen molar-refractivity contribution in [3.05, 3.63) is 30.1 Å². The van der Waals surface area contributed by atoms with Gasteiger partial charge in [-0.1, -0.05) is 20.8 Å². The van der Waals surface area contributed by atoms with Crippen LogP contribution in [0.5, 0.6) is 0 Å². The summed E-state index contributed by atoms with van der Waals surface area (Å²) in [7, 11) is 0. The van der Waals surface area contributed by atoms with Crippen LogP contribution in [0.4, 0.5) is 0 Å². The Morgan fingerprint density at radius 3 is 2.03 bits per heavy atom. The number of aromatic nitrogens is 1. The van der Waals surface area contributed by atoms with E-state index in [4.69, 9.17) is 37.9 Å². The van der Waals surface area contributed by atoms with Crippen LogP contribution < -0.4 is 0 Å². The zero-order valence-corrected chi connectivity index (χ0v) is 34.3. The Kier molecular flexibility index (Phi) is 10.8. The van der Waals surface area contributed by atoms with Crippen LogP contribution in [0, 0.1) is 35.0 Å². The van der Waals surface area contributed by atoms with Crippen molar-refractivity contribution < 1.29 is 76.3 Å². The van der Waals surface area contributed by atoms with Crippen molar-refractivity contribution >= 4 is 47.6 Å². The highest BCUT2D eigenvalue weighted by atomic mass is 16.6. The van der Waals surface area contributed by atoms with E-state index in [9.17, 15) is 33.6 Å². The van der Waals surface area contributed by atoms with Gasteiger partial charge in [0.15, 0.2) is 35.3 Å². The van der Waals surface area contributed by atoms with Crippen molar-refractivity contribution in [1.29, 1.82) is 0 Å². The first kappa shape index (κ1) is 42.7. The van der Waals surface area contributed by atoms with Crippen molar-refractivity contribution in [2.24, 2.45) is 35.0 Å². The van der Waals surface area contributed by atoms with E-state index in [1.807, 2.05) is 0 Å². The van der Waals surface area contributed by atoms with Gasteiger partial charge in [0.05, 0.1) is 29.4 Å². The van der Waals surface area contributed by atoms with Crippen LogP contribution in [0.15, 0.2) is 24.5 Å². The fourth-order valence-electron chi connectivity index (χ4n) is 11.1. The van der Waals surface area contributed by atoms with Gasteiger partial charge >= 0.3 is 41.8 Å². The maximum absolute atomic E-state index is 15.7. The van der Waals surface area contributed by atoms with E-state index < -0.39 is 142 Å². The lowest BCUT2D eigenvalue weighted by atomic mass is 9.42. The highest BCUT2D eigenvalue weighted by Gasteiger charge is 2.88. The number of fused-ring (bicyclic) bond motifs is 2. The molecule has 1 aromatic rings. The molecule has 6 rings (SSSR count). The molecule has 17 nitrogen and oxygen atoms in total. The third kappa shape index (κ3) is 6.53. The molecule has 0 unspecified atom stereocenters. The van der Waals surface area contributed by atoms with Gasteiger partial charge in [0, 0.05) is 70.7 Å². The summed E-state index contributed by atoms with van der Waals surface area (Å²) >= 11 is 0. The molecule has 0 spiro atoms. The molecule has 5 aliphatic rings. The number of carbonyl (C=O) groups excluding carboxylic acids is 8. The van der Waals surface area contributed by atoms with E-state index in [2.05, 4.69) is 4.98 Å². The standard InChI is InChI=1S/C41H51NO16/c1-11-26(47)54-32-28-33(52-20(4)43)40-18-51-39(10,30(40)27-25(15-37(27,8)56-22(6)45)29(31(40)48)55-34(49)19(2)3)36(53-21(5)44)41(28,57-23(7)46)17-38(32,9)58-35(50)24-13-12-14-42-16-24/h12-14,16,19,25,27-30,32-33,36H,11,15,17-18H2,1-10H3/t25-,27+,28-,29-,30+,32-,33-,36+,37+,38+,39-,40+,41-/m1/s1. The molecule has 0 N–H and O–H groups in total. The van der Waals surface area contributed by atoms with Crippen LogP contribution in [0.3, 0.4) is 0 Å². The summed E-state index contributed by atoms with van der Waals surface area (Å²) in [6.45, 7) is 13.4. The Morgan fingerprint density at radius 2 is 1.48 bits per heavy atom. The van der Waals surface area contributed by atoms with Gasteiger partial charge in [-0.3, -0.25) is 38.5 Å². The minimum absolute atomic E-state index is 0.0121. The predicted octanol–water partition coefficient (Wildman–Crippen LogP) is 3.02. The molecular weight excluding hydrogens is 762 g/mol. The highest BCUT2D eigenvalue weighted by molar-refractivity contribution is 5.95. The van der Waals surface area contributed by atoms with Gasteiger partial charge in [0.1, 0.15) is 17.3 Å². The summed E-state index contributed by atoms with van der Waals surface area (Å²) in [5.41, 5.74) is -9.41. The van der Waals surface area contributed by atoms with Crippen molar-refractivity contribution in [3.8, 4) is 0 Å². The lowest BCUT2D eigenvalue weighted by Gasteiger charge is -2.64. The molecule has 1 aromatic heterocycles. The van der Waals surface area contributed by atoms with Crippen LogP contribution in [0.2, 0.25) is 0 Å². The summed E-state index contributed by atoms with van der Waals surface area (Å²) in [4.78, 5) is 114. The minimum atomic E-state index is -2.23. The van der Waals surface area contributed by atoms with Crippen molar-refractivity contribution in [2.45, 2.75) is 135 Å². The number of esters is 7. The maximum Gasteiger partial charge on any atom is 0.340 e. The number of nitrogens with zero attached hydrogens (tertiary/aromatic N) is 1. The van der Waals surface area contributed by atoms with Gasteiger partial charge in [-0.25, -0.2) is 4.79 Å². The van der Waals surface area contributed by atoms with E-state index >= 15 is 4.79 Å².